The molecule has 1 spiro atoms. The van der Waals surface area contributed by atoms with E-state index in [-0.39, 0.29) is 23.4 Å². The Hall–Kier alpha value is -1.29. The van der Waals surface area contributed by atoms with Crippen molar-refractivity contribution in [2.24, 2.45) is 0 Å². The van der Waals surface area contributed by atoms with Crippen molar-refractivity contribution in [2.45, 2.75) is 31.5 Å². The topological polar surface area (TPSA) is 99.0 Å². The van der Waals surface area contributed by atoms with Crippen LogP contribution >= 0.6 is 0 Å². The van der Waals surface area contributed by atoms with Crippen LogP contribution in [0.2, 0.25) is 0 Å². The highest BCUT2D eigenvalue weighted by Crippen LogP contribution is 2.34. The van der Waals surface area contributed by atoms with Crippen molar-refractivity contribution in [1.29, 1.82) is 0 Å². The minimum Gasteiger partial charge on any atom is -0.347 e. The molecule has 0 unspecified atom stereocenters. The minimum atomic E-state index is -3.56. The fourth-order valence-electron chi connectivity index (χ4n) is 2.99. The molecule has 0 aromatic heterocycles. The van der Waals surface area contributed by atoms with Gasteiger partial charge in [0.05, 0.1) is 23.0 Å². The van der Waals surface area contributed by atoms with Crippen molar-refractivity contribution < 1.29 is 22.8 Å². The maximum absolute atomic E-state index is 12.6. The molecule has 2 fully saturated rings. The lowest BCUT2D eigenvalue weighted by molar-refractivity contribution is -0.428. The Morgan fingerprint density at radius 2 is 1.77 bits per heavy atom. The molecule has 3 rings (SSSR count). The standard InChI is InChI=1S/C13H18N2O6S/c16-15(17)11-1-3-12(4-2-11)22(18,19)14-7-5-13(6-8-14)20-9-10-21-13/h1,3H,2,4-10H2. The summed E-state index contributed by atoms with van der Waals surface area (Å²) in [7, 11) is -3.56. The van der Waals surface area contributed by atoms with Gasteiger partial charge in [0.25, 0.3) is 0 Å². The highest BCUT2D eigenvalue weighted by Gasteiger charge is 2.43. The molecular weight excluding hydrogens is 312 g/mol. The summed E-state index contributed by atoms with van der Waals surface area (Å²) in [6.45, 7) is 1.77. The van der Waals surface area contributed by atoms with E-state index in [2.05, 4.69) is 0 Å². The Morgan fingerprint density at radius 3 is 2.27 bits per heavy atom. The van der Waals surface area contributed by atoms with E-state index in [1.54, 1.807) is 0 Å². The molecule has 122 valence electrons. The van der Waals surface area contributed by atoms with Gasteiger partial charge in [-0.3, -0.25) is 10.1 Å². The summed E-state index contributed by atoms with van der Waals surface area (Å²) in [4.78, 5) is 10.4. The van der Waals surface area contributed by atoms with Gasteiger partial charge in [0.1, 0.15) is 0 Å². The Labute approximate surface area is 128 Å². The molecule has 0 radical (unpaired) electrons. The lowest BCUT2D eigenvalue weighted by Crippen LogP contribution is -2.47. The lowest BCUT2D eigenvalue weighted by atomic mass is 10.1. The molecule has 0 aromatic carbocycles. The average Bonchev–Trinajstić information content (AvgIpc) is 2.96. The average molecular weight is 330 g/mol. The van der Waals surface area contributed by atoms with Crippen molar-refractivity contribution in [3.63, 3.8) is 0 Å². The maximum Gasteiger partial charge on any atom is 0.246 e. The van der Waals surface area contributed by atoms with Crippen LogP contribution in [0.5, 0.6) is 0 Å². The van der Waals surface area contributed by atoms with E-state index in [9.17, 15) is 18.5 Å². The van der Waals surface area contributed by atoms with Crippen LogP contribution < -0.4 is 0 Å². The van der Waals surface area contributed by atoms with E-state index >= 15 is 0 Å². The fraction of sp³-hybridized carbons (Fsp3) is 0.692. The van der Waals surface area contributed by atoms with Gasteiger partial charge in [-0.15, -0.1) is 0 Å². The second kappa shape index (κ2) is 5.73. The van der Waals surface area contributed by atoms with E-state index in [1.807, 2.05) is 0 Å². The number of nitro groups is 1. The minimum absolute atomic E-state index is 0.0457. The quantitative estimate of drug-likeness (QED) is 0.565. The number of ether oxygens (including phenoxy) is 2. The van der Waals surface area contributed by atoms with Crippen LogP contribution in [0.25, 0.3) is 0 Å². The summed E-state index contributed by atoms with van der Waals surface area (Å²) < 4.78 is 37.8. The van der Waals surface area contributed by atoms with E-state index < -0.39 is 20.7 Å². The first-order valence-corrected chi connectivity index (χ1v) is 8.69. The van der Waals surface area contributed by atoms with Crippen LogP contribution in [0.4, 0.5) is 0 Å². The van der Waals surface area contributed by atoms with Gasteiger partial charge in [0, 0.05) is 38.4 Å². The summed E-state index contributed by atoms with van der Waals surface area (Å²) in [5.41, 5.74) is 0.0457. The maximum atomic E-state index is 12.6. The van der Waals surface area contributed by atoms with Gasteiger partial charge in [-0.05, 0) is 12.5 Å². The molecule has 9 heteroatoms. The van der Waals surface area contributed by atoms with E-state index in [4.69, 9.17) is 9.47 Å². The molecule has 2 saturated heterocycles. The monoisotopic (exact) mass is 330 g/mol. The van der Waals surface area contributed by atoms with Crippen molar-refractivity contribution in [2.75, 3.05) is 26.3 Å². The smallest absolute Gasteiger partial charge is 0.246 e. The first-order chi connectivity index (χ1) is 10.4. The van der Waals surface area contributed by atoms with Gasteiger partial charge in [0.15, 0.2) is 5.79 Å². The van der Waals surface area contributed by atoms with Crippen LogP contribution in [0, 0.1) is 10.1 Å². The molecule has 3 aliphatic rings. The molecule has 0 atom stereocenters. The number of piperidine rings is 1. The zero-order valence-corrected chi connectivity index (χ0v) is 12.9. The molecule has 2 aliphatic heterocycles. The molecule has 0 bridgehead atoms. The van der Waals surface area contributed by atoms with E-state index in [0.717, 1.165) is 0 Å². The zero-order valence-electron chi connectivity index (χ0n) is 12.1. The van der Waals surface area contributed by atoms with Crippen molar-refractivity contribution in [3.05, 3.63) is 32.9 Å². The molecule has 0 aromatic rings. The van der Waals surface area contributed by atoms with Gasteiger partial charge in [-0.1, -0.05) is 0 Å². The summed E-state index contributed by atoms with van der Waals surface area (Å²) in [6, 6.07) is 0. The third-order valence-electron chi connectivity index (χ3n) is 4.29. The number of sulfonamides is 1. The third-order valence-corrected chi connectivity index (χ3v) is 6.34. The summed E-state index contributed by atoms with van der Waals surface area (Å²) >= 11 is 0. The molecular formula is C13H18N2O6S. The van der Waals surface area contributed by atoms with E-state index in [0.29, 0.717) is 39.1 Å². The van der Waals surface area contributed by atoms with Crippen LogP contribution in [-0.4, -0.2) is 49.7 Å². The number of allylic oxidation sites excluding steroid dienone is 4. The van der Waals surface area contributed by atoms with Crippen molar-refractivity contribution >= 4 is 10.0 Å². The number of nitrogens with zero attached hydrogens (tertiary/aromatic N) is 2. The number of hydrogen-bond donors (Lipinski definition) is 0. The molecule has 1 aliphatic carbocycles. The largest absolute Gasteiger partial charge is 0.347 e. The Balaban J connectivity index is 1.71. The molecule has 22 heavy (non-hydrogen) atoms. The normalized spacial score (nSPS) is 25.8. The summed E-state index contributed by atoms with van der Waals surface area (Å²) in [5, 5.41) is 10.7. The molecule has 0 N–H and O–H groups in total. The first-order valence-electron chi connectivity index (χ1n) is 7.25. The number of hydrogen-bond acceptors (Lipinski definition) is 6. The van der Waals surface area contributed by atoms with Crippen LogP contribution in [-0.2, 0) is 19.5 Å². The highest BCUT2D eigenvalue weighted by molar-refractivity contribution is 7.93. The predicted octanol–water partition coefficient (Wildman–Crippen LogP) is 0.993. The fourth-order valence-corrected chi connectivity index (χ4v) is 4.59. The third kappa shape index (κ3) is 2.81. The first kappa shape index (κ1) is 15.6. The second-order valence-corrected chi connectivity index (χ2v) is 7.55. The van der Waals surface area contributed by atoms with Crippen LogP contribution in [0.3, 0.4) is 0 Å². The number of rotatable bonds is 3. The molecule has 0 saturated carbocycles. The SMILES string of the molecule is O=[N+]([O-])C1=CC=C(S(=O)(=O)N2CCC3(CC2)OCCO3)CC1. The summed E-state index contributed by atoms with van der Waals surface area (Å²) in [6.07, 6.45) is 3.96. The van der Waals surface area contributed by atoms with Crippen molar-refractivity contribution in [1.82, 2.24) is 4.31 Å². The highest BCUT2D eigenvalue weighted by atomic mass is 32.2. The Kier molecular flexibility index (Phi) is 4.06. The van der Waals surface area contributed by atoms with Gasteiger partial charge < -0.3 is 9.47 Å². The van der Waals surface area contributed by atoms with Gasteiger partial charge in [-0.2, -0.15) is 4.31 Å². The summed E-state index contributed by atoms with van der Waals surface area (Å²) in [5.74, 6) is -0.619. The van der Waals surface area contributed by atoms with Crippen LogP contribution in [0.15, 0.2) is 22.8 Å². The molecule has 8 nitrogen and oxygen atoms in total. The molecule has 2 heterocycles. The van der Waals surface area contributed by atoms with Crippen LogP contribution in [0.1, 0.15) is 25.7 Å². The lowest BCUT2D eigenvalue weighted by Gasteiger charge is -2.37. The Morgan fingerprint density at radius 1 is 1.14 bits per heavy atom. The zero-order chi connectivity index (χ0) is 15.8. The predicted molar refractivity (Wildman–Crippen MR) is 76.8 cm³/mol. The van der Waals surface area contributed by atoms with Gasteiger partial charge in [0.2, 0.25) is 15.7 Å². The van der Waals surface area contributed by atoms with Crippen molar-refractivity contribution in [3.8, 4) is 0 Å². The van der Waals surface area contributed by atoms with E-state index in [1.165, 1.54) is 16.5 Å². The Bertz CT molecular complexity index is 623. The molecule has 0 amide bonds. The second-order valence-electron chi connectivity index (χ2n) is 5.56. The van der Waals surface area contributed by atoms with Gasteiger partial charge in [-0.25, -0.2) is 8.42 Å². The van der Waals surface area contributed by atoms with Gasteiger partial charge >= 0.3 is 0 Å².